The van der Waals surface area contributed by atoms with Crippen molar-refractivity contribution in [2.75, 3.05) is 13.2 Å². The second kappa shape index (κ2) is 3.64. The number of ether oxygens (including phenoxy) is 1. The minimum absolute atomic E-state index is 0. The fourth-order valence-electron chi connectivity index (χ4n) is 0.620. The van der Waals surface area contributed by atoms with Crippen molar-refractivity contribution in [2.24, 2.45) is 0 Å². The van der Waals surface area contributed by atoms with Crippen molar-refractivity contribution in [2.45, 2.75) is 13.3 Å². The first-order valence-electron chi connectivity index (χ1n) is 2.63. The lowest BCUT2D eigenvalue weighted by atomic mass is 10.2. The first kappa shape index (κ1) is 7.66. The van der Waals surface area contributed by atoms with E-state index in [1.54, 1.807) is 0 Å². The lowest BCUT2D eigenvalue weighted by Gasteiger charge is -2.07. The van der Waals surface area contributed by atoms with Crippen LogP contribution in [0, 0.1) is 0 Å². The summed E-state index contributed by atoms with van der Waals surface area (Å²) in [4.78, 5) is 0. The first-order valence-corrected chi connectivity index (χ1v) is 2.63. The average molecular weight is 116 g/mol. The smallest absolute Gasteiger partial charge is 0.0650 e. The standard InChI is InChI=1S/C6H10O.H2O/c1-6-2-4-7-5-3-6;/h2H,3-5H2,1H3;1H2. The highest BCUT2D eigenvalue weighted by atomic mass is 16.5. The predicted octanol–water partition coefficient (Wildman–Crippen LogP) is 0.528. The molecule has 1 heterocycles. The Morgan fingerprint density at radius 1 is 1.62 bits per heavy atom. The third-order valence-corrected chi connectivity index (χ3v) is 1.19. The molecule has 0 unspecified atom stereocenters. The number of hydrogen-bond acceptors (Lipinski definition) is 1. The molecule has 0 spiro atoms. The van der Waals surface area contributed by atoms with Crippen molar-refractivity contribution >= 4 is 0 Å². The Kier molecular flexibility index (Phi) is 3.48. The zero-order chi connectivity index (χ0) is 5.11. The topological polar surface area (TPSA) is 40.7 Å². The Morgan fingerprint density at radius 3 is 2.62 bits per heavy atom. The van der Waals surface area contributed by atoms with Gasteiger partial charge in [0.1, 0.15) is 0 Å². The molecule has 0 fully saturated rings. The van der Waals surface area contributed by atoms with E-state index in [0.717, 1.165) is 19.6 Å². The van der Waals surface area contributed by atoms with Gasteiger partial charge in [-0.1, -0.05) is 11.6 Å². The minimum Gasteiger partial charge on any atom is -0.412 e. The van der Waals surface area contributed by atoms with Crippen LogP contribution < -0.4 is 0 Å². The molecular weight excluding hydrogens is 104 g/mol. The molecule has 0 bridgehead atoms. The lowest BCUT2D eigenvalue weighted by Crippen LogP contribution is -2.01. The van der Waals surface area contributed by atoms with Gasteiger partial charge < -0.3 is 10.2 Å². The van der Waals surface area contributed by atoms with Gasteiger partial charge in [0.25, 0.3) is 0 Å². The minimum atomic E-state index is 0. The van der Waals surface area contributed by atoms with Crippen LogP contribution in [-0.2, 0) is 4.74 Å². The third kappa shape index (κ3) is 2.09. The van der Waals surface area contributed by atoms with Crippen molar-refractivity contribution in [3.05, 3.63) is 11.6 Å². The van der Waals surface area contributed by atoms with Gasteiger partial charge in [-0.3, -0.25) is 0 Å². The van der Waals surface area contributed by atoms with Crippen LogP contribution in [0.3, 0.4) is 0 Å². The van der Waals surface area contributed by atoms with Crippen LogP contribution in [0.1, 0.15) is 13.3 Å². The maximum Gasteiger partial charge on any atom is 0.0650 e. The molecule has 0 saturated carbocycles. The fourth-order valence-corrected chi connectivity index (χ4v) is 0.620. The highest BCUT2D eigenvalue weighted by molar-refractivity contribution is 4.99. The summed E-state index contributed by atoms with van der Waals surface area (Å²) >= 11 is 0. The van der Waals surface area contributed by atoms with E-state index in [4.69, 9.17) is 4.74 Å². The molecule has 8 heavy (non-hydrogen) atoms. The van der Waals surface area contributed by atoms with Gasteiger partial charge in [-0.2, -0.15) is 0 Å². The number of hydrogen-bond donors (Lipinski definition) is 0. The van der Waals surface area contributed by atoms with Crippen LogP contribution in [0.25, 0.3) is 0 Å². The van der Waals surface area contributed by atoms with Crippen LogP contribution in [0.15, 0.2) is 11.6 Å². The molecule has 48 valence electrons. The summed E-state index contributed by atoms with van der Waals surface area (Å²) < 4.78 is 5.06. The Bertz CT molecular complexity index is 86.5. The largest absolute Gasteiger partial charge is 0.412 e. The van der Waals surface area contributed by atoms with E-state index in [0.29, 0.717) is 0 Å². The SMILES string of the molecule is CC1=CCOCC1.O. The lowest BCUT2D eigenvalue weighted by molar-refractivity contribution is 0.154. The number of rotatable bonds is 0. The van der Waals surface area contributed by atoms with Gasteiger partial charge in [-0.25, -0.2) is 0 Å². The maximum absolute atomic E-state index is 5.06. The van der Waals surface area contributed by atoms with Gasteiger partial charge >= 0.3 is 0 Å². The maximum atomic E-state index is 5.06. The van der Waals surface area contributed by atoms with Crippen LogP contribution in [0.4, 0.5) is 0 Å². The monoisotopic (exact) mass is 116 g/mol. The molecule has 0 aromatic heterocycles. The zero-order valence-electron chi connectivity index (χ0n) is 5.11. The normalized spacial score (nSPS) is 18.9. The van der Waals surface area contributed by atoms with Gasteiger partial charge in [0.2, 0.25) is 0 Å². The van der Waals surface area contributed by atoms with E-state index in [9.17, 15) is 0 Å². The Labute approximate surface area is 49.5 Å². The highest BCUT2D eigenvalue weighted by Gasteiger charge is 1.94. The van der Waals surface area contributed by atoms with Crippen LogP contribution >= 0.6 is 0 Å². The summed E-state index contributed by atoms with van der Waals surface area (Å²) in [7, 11) is 0. The van der Waals surface area contributed by atoms with E-state index in [-0.39, 0.29) is 5.48 Å². The zero-order valence-corrected chi connectivity index (χ0v) is 5.11. The molecule has 0 amide bonds. The summed E-state index contributed by atoms with van der Waals surface area (Å²) in [5.74, 6) is 0. The second-order valence-electron chi connectivity index (χ2n) is 1.88. The van der Waals surface area contributed by atoms with Crippen molar-refractivity contribution in [1.82, 2.24) is 0 Å². The van der Waals surface area contributed by atoms with Crippen molar-refractivity contribution in [1.29, 1.82) is 0 Å². The van der Waals surface area contributed by atoms with Gasteiger partial charge in [0.15, 0.2) is 0 Å². The molecule has 0 saturated heterocycles. The quantitative estimate of drug-likeness (QED) is 0.425. The molecule has 0 aromatic carbocycles. The van der Waals surface area contributed by atoms with Crippen molar-refractivity contribution < 1.29 is 10.2 Å². The molecule has 0 aliphatic carbocycles. The third-order valence-electron chi connectivity index (χ3n) is 1.19. The van der Waals surface area contributed by atoms with E-state index in [1.165, 1.54) is 5.57 Å². The molecule has 0 aromatic rings. The Morgan fingerprint density at radius 2 is 2.38 bits per heavy atom. The van der Waals surface area contributed by atoms with Gasteiger partial charge in [-0.05, 0) is 13.3 Å². The van der Waals surface area contributed by atoms with E-state index < -0.39 is 0 Å². The fraction of sp³-hybridized carbons (Fsp3) is 0.667. The van der Waals surface area contributed by atoms with Crippen LogP contribution in [0.2, 0.25) is 0 Å². The summed E-state index contributed by atoms with van der Waals surface area (Å²) in [6.07, 6.45) is 3.25. The van der Waals surface area contributed by atoms with Crippen LogP contribution in [-0.4, -0.2) is 18.7 Å². The molecule has 1 rings (SSSR count). The van der Waals surface area contributed by atoms with E-state index in [1.807, 2.05) is 0 Å². The highest BCUT2D eigenvalue weighted by Crippen LogP contribution is 2.04. The molecular formula is C6H12O2. The van der Waals surface area contributed by atoms with Gasteiger partial charge in [0.05, 0.1) is 13.2 Å². The summed E-state index contributed by atoms with van der Waals surface area (Å²) in [5.41, 5.74) is 1.46. The van der Waals surface area contributed by atoms with E-state index in [2.05, 4.69) is 13.0 Å². The van der Waals surface area contributed by atoms with Crippen LogP contribution in [0.5, 0.6) is 0 Å². The molecule has 2 heteroatoms. The molecule has 0 atom stereocenters. The first-order chi connectivity index (χ1) is 3.39. The molecule has 1 aliphatic heterocycles. The van der Waals surface area contributed by atoms with Crippen molar-refractivity contribution in [3.63, 3.8) is 0 Å². The predicted molar refractivity (Wildman–Crippen MR) is 32.8 cm³/mol. The Balaban J connectivity index is 0.000000490. The summed E-state index contributed by atoms with van der Waals surface area (Å²) in [6, 6.07) is 0. The molecule has 0 radical (unpaired) electrons. The summed E-state index contributed by atoms with van der Waals surface area (Å²) in [6.45, 7) is 3.89. The van der Waals surface area contributed by atoms with Gasteiger partial charge in [0, 0.05) is 0 Å². The molecule has 2 N–H and O–H groups in total. The molecule has 2 nitrogen and oxygen atoms in total. The van der Waals surface area contributed by atoms with E-state index >= 15 is 0 Å². The molecule has 1 aliphatic rings. The summed E-state index contributed by atoms with van der Waals surface area (Å²) in [5, 5.41) is 0. The van der Waals surface area contributed by atoms with Gasteiger partial charge in [-0.15, -0.1) is 0 Å². The van der Waals surface area contributed by atoms with Crippen molar-refractivity contribution in [3.8, 4) is 0 Å². The average Bonchev–Trinajstić information content (AvgIpc) is 1.69. The Hall–Kier alpha value is -0.340. The second-order valence-corrected chi connectivity index (χ2v) is 1.88.